The number of carbonyl (C=O) groups is 2. The number of ether oxygens (including phenoxy) is 1. The Morgan fingerprint density at radius 2 is 1.86 bits per heavy atom. The SMILES string of the molecule is COCc1c2ccc(NC(=O)c3ccccc3NCc3ccnc(NC(=O)N(C)C)c3)cc2nn1C. The number of carbonyl (C=O) groups excluding carboxylic acids is 2. The summed E-state index contributed by atoms with van der Waals surface area (Å²) in [5.74, 6) is 0.219. The van der Waals surface area contributed by atoms with Crippen LogP contribution in [0.5, 0.6) is 0 Å². The molecule has 0 aliphatic rings. The normalized spacial score (nSPS) is 10.8. The van der Waals surface area contributed by atoms with Gasteiger partial charge in [-0.15, -0.1) is 0 Å². The van der Waals surface area contributed by atoms with E-state index in [1.54, 1.807) is 44.2 Å². The lowest BCUT2D eigenvalue weighted by molar-refractivity contribution is 0.102. The second kappa shape index (κ2) is 10.9. The van der Waals surface area contributed by atoms with Crippen molar-refractivity contribution in [2.75, 3.05) is 37.2 Å². The standard InChI is InChI=1S/C26H29N7O3/c1-32(2)26(35)30-24-13-17(11-12-27-24)15-28-21-8-6-5-7-20(21)25(34)29-18-9-10-19-22(14-18)31-33(3)23(19)16-36-4/h5-14,28H,15-16H2,1-4H3,(H,29,34)(H,27,30,35). The number of hydrogen-bond donors (Lipinski definition) is 3. The smallest absolute Gasteiger partial charge is 0.322 e. The summed E-state index contributed by atoms with van der Waals surface area (Å²) in [6, 6.07) is 16.3. The molecule has 0 spiro atoms. The molecule has 0 aliphatic carbocycles. The number of benzene rings is 2. The maximum absolute atomic E-state index is 13.1. The molecule has 3 N–H and O–H groups in total. The van der Waals surface area contributed by atoms with Crippen LogP contribution in [0.4, 0.5) is 22.0 Å². The van der Waals surface area contributed by atoms with Gasteiger partial charge in [0.25, 0.3) is 5.91 Å². The van der Waals surface area contributed by atoms with Crippen LogP contribution in [0, 0.1) is 0 Å². The van der Waals surface area contributed by atoms with Gasteiger partial charge in [0.1, 0.15) is 5.82 Å². The zero-order valence-electron chi connectivity index (χ0n) is 20.7. The van der Waals surface area contributed by atoms with Gasteiger partial charge in [-0.2, -0.15) is 5.10 Å². The second-order valence-electron chi connectivity index (χ2n) is 8.46. The Morgan fingerprint density at radius 1 is 1.06 bits per heavy atom. The van der Waals surface area contributed by atoms with Gasteiger partial charge < -0.3 is 20.3 Å². The van der Waals surface area contributed by atoms with Crippen molar-refractivity contribution in [2.24, 2.45) is 7.05 Å². The van der Waals surface area contributed by atoms with Gasteiger partial charge in [-0.25, -0.2) is 9.78 Å². The third-order valence-corrected chi connectivity index (χ3v) is 5.62. The fraction of sp³-hybridized carbons (Fsp3) is 0.231. The Bertz CT molecular complexity index is 1400. The summed E-state index contributed by atoms with van der Waals surface area (Å²) in [5, 5.41) is 14.5. The van der Waals surface area contributed by atoms with Crippen LogP contribution in [-0.4, -0.2) is 52.8 Å². The van der Waals surface area contributed by atoms with Gasteiger partial charge in [-0.3, -0.25) is 14.8 Å². The molecular weight excluding hydrogens is 458 g/mol. The maximum atomic E-state index is 13.1. The van der Waals surface area contributed by atoms with Crippen LogP contribution in [0.25, 0.3) is 10.9 Å². The van der Waals surface area contributed by atoms with Crippen molar-refractivity contribution in [2.45, 2.75) is 13.2 Å². The number of pyridine rings is 1. The van der Waals surface area contributed by atoms with Gasteiger partial charge in [0, 0.05) is 57.8 Å². The number of nitrogens with zero attached hydrogens (tertiary/aromatic N) is 4. The first-order chi connectivity index (χ1) is 17.4. The van der Waals surface area contributed by atoms with E-state index >= 15 is 0 Å². The molecule has 0 aliphatic heterocycles. The van der Waals surface area contributed by atoms with Crippen molar-refractivity contribution in [1.29, 1.82) is 0 Å². The lowest BCUT2D eigenvalue weighted by Crippen LogP contribution is -2.27. The summed E-state index contributed by atoms with van der Waals surface area (Å²) < 4.78 is 7.05. The summed E-state index contributed by atoms with van der Waals surface area (Å²) in [5.41, 5.74) is 4.51. The first kappa shape index (κ1) is 24.7. The van der Waals surface area contributed by atoms with Gasteiger partial charge in [0.05, 0.1) is 23.4 Å². The molecule has 36 heavy (non-hydrogen) atoms. The van der Waals surface area contributed by atoms with E-state index < -0.39 is 0 Å². The van der Waals surface area contributed by atoms with Crippen LogP contribution in [0.1, 0.15) is 21.6 Å². The van der Waals surface area contributed by atoms with Crippen molar-refractivity contribution in [3.8, 4) is 0 Å². The average molecular weight is 488 g/mol. The molecule has 4 aromatic rings. The van der Waals surface area contributed by atoms with E-state index in [0.717, 1.165) is 22.2 Å². The summed E-state index contributed by atoms with van der Waals surface area (Å²) >= 11 is 0. The van der Waals surface area contributed by atoms with E-state index in [-0.39, 0.29) is 11.9 Å². The van der Waals surface area contributed by atoms with E-state index in [1.807, 2.05) is 49.5 Å². The van der Waals surface area contributed by atoms with E-state index in [9.17, 15) is 9.59 Å². The van der Waals surface area contributed by atoms with Crippen LogP contribution in [0.15, 0.2) is 60.8 Å². The number of anilines is 3. The molecule has 0 saturated heterocycles. The lowest BCUT2D eigenvalue weighted by atomic mass is 10.1. The molecule has 3 amide bonds. The van der Waals surface area contributed by atoms with Gasteiger partial charge >= 0.3 is 6.03 Å². The summed E-state index contributed by atoms with van der Waals surface area (Å²) in [7, 11) is 6.84. The number of amides is 3. The fourth-order valence-corrected chi connectivity index (χ4v) is 3.75. The molecule has 186 valence electrons. The van der Waals surface area contributed by atoms with Crippen LogP contribution >= 0.6 is 0 Å². The van der Waals surface area contributed by atoms with E-state index in [1.165, 1.54) is 4.90 Å². The minimum absolute atomic E-state index is 0.237. The highest BCUT2D eigenvalue weighted by Gasteiger charge is 2.14. The summed E-state index contributed by atoms with van der Waals surface area (Å²) in [4.78, 5) is 30.7. The van der Waals surface area contributed by atoms with Crippen molar-refractivity contribution >= 4 is 40.0 Å². The number of hydrogen-bond acceptors (Lipinski definition) is 6. The van der Waals surface area contributed by atoms with Gasteiger partial charge in [0.15, 0.2) is 0 Å². The number of aryl methyl sites for hydroxylation is 1. The van der Waals surface area contributed by atoms with E-state index in [4.69, 9.17) is 4.74 Å². The molecule has 2 aromatic carbocycles. The lowest BCUT2D eigenvalue weighted by Gasteiger charge is -2.14. The van der Waals surface area contributed by atoms with Crippen molar-refractivity contribution in [3.05, 3.63) is 77.6 Å². The highest BCUT2D eigenvalue weighted by molar-refractivity contribution is 6.08. The quantitative estimate of drug-likeness (QED) is 0.345. The monoisotopic (exact) mass is 487 g/mol. The van der Waals surface area contributed by atoms with Gasteiger partial charge in [-0.05, 0) is 48.0 Å². The van der Waals surface area contributed by atoms with Crippen molar-refractivity contribution in [3.63, 3.8) is 0 Å². The molecule has 0 unspecified atom stereocenters. The van der Waals surface area contributed by atoms with Crippen LogP contribution in [-0.2, 0) is 24.9 Å². The molecule has 0 saturated carbocycles. The first-order valence-corrected chi connectivity index (χ1v) is 11.4. The highest BCUT2D eigenvalue weighted by atomic mass is 16.5. The van der Waals surface area contributed by atoms with Crippen LogP contribution in [0.3, 0.4) is 0 Å². The highest BCUT2D eigenvalue weighted by Crippen LogP contribution is 2.24. The third kappa shape index (κ3) is 5.61. The number of fused-ring (bicyclic) bond motifs is 1. The Labute approximate surface area is 209 Å². The average Bonchev–Trinajstić information content (AvgIpc) is 3.17. The zero-order valence-corrected chi connectivity index (χ0v) is 20.7. The predicted molar refractivity (Wildman–Crippen MR) is 140 cm³/mol. The zero-order chi connectivity index (χ0) is 25.7. The van der Waals surface area contributed by atoms with Gasteiger partial charge in [0.2, 0.25) is 0 Å². The Hall–Kier alpha value is -4.44. The summed E-state index contributed by atoms with van der Waals surface area (Å²) in [6.07, 6.45) is 1.63. The Kier molecular flexibility index (Phi) is 7.45. The minimum Gasteiger partial charge on any atom is -0.380 e. The number of nitrogens with one attached hydrogen (secondary N) is 3. The maximum Gasteiger partial charge on any atom is 0.322 e. The fourth-order valence-electron chi connectivity index (χ4n) is 3.75. The third-order valence-electron chi connectivity index (χ3n) is 5.62. The molecule has 10 nitrogen and oxygen atoms in total. The van der Waals surface area contributed by atoms with Crippen LogP contribution in [0.2, 0.25) is 0 Å². The number of para-hydroxylation sites is 1. The second-order valence-corrected chi connectivity index (χ2v) is 8.46. The number of aromatic nitrogens is 3. The van der Waals surface area contributed by atoms with Crippen molar-refractivity contribution in [1.82, 2.24) is 19.7 Å². The predicted octanol–water partition coefficient (Wildman–Crippen LogP) is 4.07. The molecule has 4 rings (SSSR count). The number of urea groups is 1. The number of rotatable bonds is 8. The largest absolute Gasteiger partial charge is 0.380 e. The van der Waals surface area contributed by atoms with E-state index in [0.29, 0.717) is 35.9 Å². The Morgan fingerprint density at radius 3 is 2.64 bits per heavy atom. The minimum atomic E-state index is -0.256. The molecule has 0 atom stereocenters. The van der Waals surface area contributed by atoms with E-state index in [2.05, 4.69) is 26.0 Å². The molecule has 0 fully saturated rings. The molecule has 2 heterocycles. The molecular formula is C26H29N7O3. The molecule has 0 bridgehead atoms. The summed E-state index contributed by atoms with van der Waals surface area (Å²) in [6.45, 7) is 0.901. The van der Waals surface area contributed by atoms with Crippen LogP contribution < -0.4 is 16.0 Å². The molecule has 10 heteroatoms. The van der Waals surface area contributed by atoms with Crippen molar-refractivity contribution < 1.29 is 14.3 Å². The topological polar surface area (TPSA) is 113 Å². The molecule has 2 aromatic heterocycles. The van der Waals surface area contributed by atoms with Gasteiger partial charge in [-0.1, -0.05) is 12.1 Å². The Balaban J connectivity index is 1.47. The number of methoxy groups -OCH3 is 1. The first-order valence-electron chi connectivity index (χ1n) is 11.4. The molecule has 0 radical (unpaired) electrons.